The van der Waals surface area contributed by atoms with Crippen molar-refractivity contribution < 1.29 is 18.7 Å². The van der Waals surface area contributed by atoms with Gasteiger partial charge in [0.15, 0.2) is 5.82 Å². The van der Waals surface area contributed by atoms with Crippen molar-refractivity contribution in [1.29, 1.82) is 0 Å². The van der Waals surface area contributed by atoms with Crippen molar-refractivity contribution in [2.75, 3.05) is 5.32 Å². The van der Waals surface area contributed by atoms with Gasteiger partial charge >= 0.3 is 5.97 Å². The summed E-state index contributed by atoms with van der Waals surface area (Å²) >= 11 is 11.3. The second-order valence-electron chi connectivity index (χ2n) is 4.14. The van der Waals surface area contributed by atoms with Gasteiger partial charge in [0.2, 0.25) is 5.76 Å². The predicted molar refractivity (Wildman–Crippen MR) is 74.2 cm³/mol. The van der Waals surface area contributed by atoms with E-state index in [1.807, 2.05) is 0 Å². The molecule has 2 N–H and O–H groups in total. The van der Waals surface area contributed by atoms with Gasteiger partial charge in [-0.3, -0.25) is 0 Å². The maximum atomic E-state index is 13.2. The van der Waals surface area contributed by atoms with Crippen LogP contribution in [-0.4, -0.2) is 11.1 Å². The first-order valence-corrected chi connectivity index (χ1v) is 6.35. The van der Waals surface area contributed by atoms with E-state index in [2.05, 4.69) is 5.32 Å². The Kier molecular flexibility index (Phi) is 4.20. The van der Waals surface area contributed by atoms with Crippen LogP contribution in [-0.2, 0) is 6.54 Å². The molecule has 0 saturated heterocycles. The zero-order valence-corrected chi connectivity index (χ0v) is 11.8. The largest absolute Gasteiger partial charge is 0.475 e. The first-order valence-electron chi connectivity index (χ1n) is 5.59. The molecule has 0 saturated carbocycles. The number of aromatic carboxylic acids is 1. The van der Waals surface area contributed by atoms with Gasteiger partial charge in [-0.15, -0.1) is 0 Å². The summed E-state index contributed by atoms with van der Waals surface area (Å²) in [5.74, 6) is -1.46. The van der Waals surface area contributed by atoms with E-state index in [1.165, 1.54) is 12.1 Å². The van der Waals surface area contributed by atoms with Gasteiger partial charge in [-0.2, -0.15) is 0 Å². The fourth-order valence-corrected chi connectivity index (χ4v) is 2.18. The minimum Gasteiger partial charge on any atom is -0.475 e. The van der Waals surface area contributed by atoms with Gasteiger partial charge in [-0.25, -0.2) is 9.18 Å². The monoisotopic (exact) mass is 317 g/mol. The molecule has 1 heterocycles. The molecule has 2 rings (SSSR count). The van der Waals surface area contributed by atoms with Crippen LogP contribution in [0.5, 0.6) is 0 Å². The number of benzene rings is 1. The van der Waals surface area contributed by atoms with Crippen LogP contribution in [0.4, 0.5) is 10.1 Å². The lowest BCUT2D eigenvalue weighted by Crippen LogP contribution is -1.99. The van der Waals surface area contributed by atoms with Crippen LogP contribution in [0.15, 0.2) is 22.6 Å². The fraction of sp³-hybridized carbons (Fsp3) is 0.154. The van der Waals surface area contributed by atoms with Crippen LogP contribution in [0.25, 0.3) is 0 Å². The van der Waals surface area contributed by atoms with Crippen LogP contribution in [0.3, 0.4) is 0 Å². The zero-order chi connectivity index (χ0) is 14.9. The molecule has 0 unspecified atom stereocenters. The van der Waals surface area contributed by atoms with Crippen molar-refractivity contribution in [2.24, 2.45) is 0 Å². The molecule has 0 aliphatic rings. The van der Waals surface area contributed by atoms with Crippen molar-refractivity contribution >= 4 is 34.9 Å². The summed E-state index contributed by atoms with van der Waals surface area (Å²) in [6.07, 6.45) is 0. The molecule has 0 bridgehead atoms. The molecular weight excluding hydrogens is 308 g/mol. The number of carboxylic acids is 1. The molecule has 1 aromatic heterocycles. The Morgan fingerprint density at radius 3 is 2.45 bits per heavy atom. The number of furan rings is 1. The topological polar surface area (TPSA) is 62.5 Å². The van der Waals surface area contributed by atoms with Crippen molar-refractivity contribution in [3.05, 3.63) is 51.1 Å². The molecular formula is C13H10Cl2FNO3. The normalized spacial score (nSPS) is 10.6. The highest BCUT2D eigenvalue weighted by Gasteiger charge is 2.14. The van der Waals surface area contributed by atoms with Gasteiger partial charge in [0.1, 0.15) is 5.76 Å². The van der Waals surface area contributed by atoms with Crippen molar-refractivity contribution in [3.63, 3.8) is 0 Å². The Morgan fingerprint density at radius 2 is 1.95 bits per heavy atom. The number of rotatable bonds is 4. The van der Waals surface area contributed by atoms with E-state index >= 15 is 0 Å². The summed E-state index contributed by atoms with van der Waals surface area (Å²) in [6, 6.07) is 4.39. The van der Waals surface area contributed by atoms with Gasteiger partial charge in [-0.05, 0) is 25.1 Å². The minimum atomic E-state index is -1.12. The number of aryl methyl sites for hydroxylation is 1. The third-order valence-electron chi connectivity index (χ3n) is 2.61. The highest BCUT2D eigenvalue weighted by atomic mass is 35.5. The fourth-order valence-electron chi connectivity index (χ4n) is 1.69. The highest BCUT2D eigenvalue weighted by molar-refractivity contribution is 6.35. The molecule has 0 amide bonds. The molecule has 7 heteroatoms. The predicted octanol–water partition coefficient (Wildman–Crippen LogP) is 4.34. The lowest BCUT2D eigenvalue weighted by Gasteiger charge is -2.06. The van der Waals surface area contributed by atoms with E-state index < -0.39 is 11.8 Å². The number of hydrogen-bond donors (Lipinski definition) is 2. The lowest BCUT2D eigenvalue weighted by atomic mass is 10.2. The molecule has 0 aliphatic carbocycles. The van der Waals surface area contributed by atoms with E-state index in [0.717, 1.165) is 0 Å². The molecule has 0 aliphatic heterocycles. The quantitative estimate of drug-likeness (QED) is 0.823. The Balaban J connectivity index is 2.13. The van der Waals surface area contributed by atoms with Gasteiger partial charge in [-0.1, -0.05) is 23.2 Å². The van der Waals surface area contributed by atoms with Crippen LogP contribution >= 0.6 is 23.2 Å². The Labute approximate surface area is 124 Å². The number of carboxylic acid groups (broad SMARTS) is 1. The molecule has 4 nitrogen and oxygen atoms in total. The Bertz CT molecular complexity index is 647. The zero-order valence-electron chi connectivity index (χ0n) is 10.3. The van der Waals surface area contributed by atoms with Crippen LogP contribution in [0.2, 0.25) is 10.0 Å². The van der Waals surface area contributed by atoms with Crippen LogP contribution in [0.1, 0.15) is 21.9 Å². The van der Waals surface area contributed by atoms with E-state index in [0.29, 0.717) is 17.0 Å². The molecule has 0 radical (unpaired) electrons. The molecule has 106 valence electrons. The second kappa shape index (κ2) is 5.73. The number of carbonyl (C=O) groups is 1. The first kappa shape index (κ1) is 14.7. The van der Waals surface area contributed by atoms with E-state index in [4.69, 9.17) is 32.7 Å². The lowest BCUT2D eigenvalue weighted by molar-refractivity contribution is 0.0659. The van der Waals surface area contributed by atoms with Gasteiger partial charge in [0.05, 0.1) is 16.6 Å². The average molecular weight is 318 g/mol. The number of nitrogens with one attached hydrogen (secondary N) is 1. The maximum Gasteiger partial charge on any atom is 0.372 e. The SMILES string of the molecule is Cc1cc(CNc2cc(Cl)c(F)c(Cl)c2)oc1C(=O)O. The van der Waals surface area contributed by atoms with Crippen molar-refractivity contribution in [1.82, 2.24) is 0 Å². The summed E-state index contributed by atoms with van der Waals surface area (Å²) in [5.41, 5.74) is 1.04. The smallest absolute Gasteiger partial charge is 0.372 e. The highest BCUT2D eigenvalue weighted by Crippen LogP contribution is 2.27. The maximum absolute atomic E-state index is 13.2. The summed E-state index contributed by atoms with van der Waals surface area (Å²) in [7, 11) is 0. The van der Waals surface area contributed by atoms with Gasteiger partial charge in [0.25, 0.3) is 0 Å². The molecule has 0 atom stereocenters. The minimum absolute atomic E-state index is 0.0955. The summed E-state index contributed by atoms with van der Waals surface area (Å²) < 4.78 is 18.4. The van der Waals surface area contributed by atoms with Crippen LogP contribution < -0.4 is 5.32 Å². The molecule has 0 fully saturated rings. The number of anilines is 1. The van der Waals surface area contributed by atoms with E-state index in [9.17, 15) is 9.18 Å². The molecule has 1 aromatic carbocycles. The molecule has 0 spiro atoms. The standard InChI is InChI=1S/C13H10Cl2FNO3/c1-6-2-8(20-12(6)13(18)19)5-17-7-3-9(14)11(16)10(15)4-7/h2-4,17H,5H2,1H3,(H,18,19). The van der Waals surface area contributed by atoms with Gasteiger partial charge in [0, 0.05) is 11.3 Å². The number of halogens is 3. The summed E-state index contributed by atoms with van der Waals surface area (Å²) in [4.78, 5) is 10.8. The van der Waals surface area contributed by atoms with Crippen molar-refractivity contribution in [2.45, 2.75) is 13.5 Å². The second-order valence-corrected chi connectivity index (χ2v) is 4.95. The Morgan fingerprint density at radius 1 is 1.35 bits per heavy atom. The third-order valence-corrected chi connectivity index (χ3v) is 3.16. The number of hydrogen-bond acceptors (Lipinski definition) is 3. The van der Waals surface area contributed by atoms with Crippen LogP contribution in [0, 0.1) is 12.7 Å². The Hall–Kier alpha value is -1.72. The first-order chi connectivity index (χ1) is 9.38. The summed E-state index contributed by atoms with van der Waals surface area (Å²) in [5, 5.41) is 11.6. The molecule has 20 heavy (non-hydrogen) atoms. The molecule has 2 aromatic rings. The van der Waals surface area contributed by atoms with Gasteiger partial charge < -0.3 is 14.8 Å². The van der Waals surface area contributed by atoms with E-state index in [1.54, 1.807) is 13.0 Å². The summed E-state index contributed by atoms with van der Waals surface area (Å²) in [6.45, 7) is 1.87. The van der Waals surface area contributed by atoms with Crippen molar-refractivity contribution in [3.8, 4) is 0 Å². The average Bonchev–Trinajstić information content (AvgIpc) is 2.75. The van der Waals surface area contributed by atoms with E-state index in [-0.39, 0.29) is 22.4 Å². The third kappa shape index (κ3) is 3.05.